The Hall–Kier alpha value is -2.52. The molecule has 0 atom stereocenters. The van der Waals surface area contributed by atoms with Crippen LogP contribution in [0.4, 0.5) is 20.0 Å². The summed E-state index contributed by atoms with van der Waals surface area (Å²) in [6.07, 6.45) is 4.18. The van der Waals surface area contributed by atoms with E-state index in [9.17, 15) is 9.18 Å². The molecule has 0 aliphatic carbocycles. The normalized spacial score (nSPS) is 14.1. The number of halogens is 1. The van der Waals surface area contributed by atoms with Gasteiger partial charge in [0.05, 0.1) is 0 Å². The molecule has 9 heteroatoms. The van der Waals surface area contributed by atoms with Crippen LogP contribution in [0.1, 0.15) is 30.7 Å². The van der Waals surface area contributed by atoms with Crippen LogP contribution >= 0.6 is 11.5 Å². The number of benzene rings is 1. The highest BCUT2D eigenvalue weighted by atomic mass is 32.1. The minimum Gasteiger partial charge on any atom is -0.385 e. The van der Waals surface area contributed by atoms with Gasteiger partial charge in [-0.2, -0.15) is 4.37 Å². The van der Waals surface area contributed by atoms with Crippen LogP contribution in [0, 0.1) is 12.7 Å². The van der Waals surface area contributed by atoms with Crippen molar-refractivity contribution in [3.63, 3.8) is 0 Å². The Balaban J connectivity index is 1.54. The van der Waals surface area contributed by atoms with E-state index in [1.54, 1.807) is 17.9 Å². The molecule has 1 aliphatic rings. The van der Waals surface area contributed by atoms with Gasteiger partial charge in [-0.15, -0.1) is 0 Å². The first-order chi connectivity index (χ1) is 13.5. The van der Waals surface area contributed by atoms with Gasteiger partial charge in [-0.1, -0.05) is 11.6 Å². The molecule has 2 amide bonds. The summed E-state index contributed by atoms with van der Waals surface area (Å²) in [5, 5.41) is 6.43. The third kappa shape index (κ3) is 5.49. The van der Waals surface area contributed by atoms with E-state index < -0.39 is 0 Å². The zero-order valence-electron chi connectivity index (χ0n) is 15.9. The molecule has 0 bridgehead atoms. The minimum atomic E-state index is -0.253. The molecule has 4 N–H and O–H groups in total. The van der Waals surface area contributed by atoms with Gasteiger partial charge in [0, 0.05) is 42.4 Å². The molecule has 1 aromatic carbocycles. The topological polar surface area (TPSA) is 96.2 Å². The van der Waals surface area contributed by atoms with Crippen LogP contribution in [-0.2, 0) is 0 Å². The molecule has 3 rings (SSSR count). The summed E-state index contributed by atoms with van der Waals surface area (Å²) in [4.78, 5) is 18.2. The number of aryl methyl sites for hydroxylation is 1. The second kappa shape index (κ2) is 9.61. The van der Waals surface area contributed by atoms with Crippen molar-refractivity contribution >= 4 is 34.5 Å². The standard InChI is InChI=1S/C19H25FN6OS/c1-13-23-18(28-25-13)24-19(27)26-9-5-14(6-10-26)11-15-3-4-16(12-17(15)20)22-8-2-7-21/h3-4,11-12,22H,2,5-10,21H2,1H3,(H,23,24,25,27). The number of aromatic nitrogens is 2. The van der Waals surface area contributed by atoms with Crippen molar-refractivity contribution < 1.29 is 9.18 Å². The van der Waals surface area contributed by atoms with Crippen LogP contribution < -0.4 is 16.4 Å². The molecule has 0 spiro atoms. The van der Waals surface area contributed by atoms with Gasteiger partial charge in [0.25, 0.3) is 0 Å². The van der Waals surface area contributed by atoms with Gasteiger partial charge in [0.15, 0.2) is 0 Å². The number of carbonyl (C=O) groups is 1. The molecular weight excluding hydrogens is 379 g/mol. The summed E-state index contributed by atoms with van der Waals surface area (Å²) in [6.45, 7) is 4.30. The number of urea groups is 1. The zero-order chi connectivity index (χ0) is 19.9. The largest absolute Gasteiger partial charge is 0.385 e. The van der Waals surface area contributed by atoms with E-state index in [2.05, 4.69) is 20.0 Å². The lowest BCUT2D eigenvalue weighted by molar-refractivity contribution is 0.208. The van der Waals surface area contributed by atoms with Crippen LogP contribution in [-0.4, -0.2) is 46.5 Å². The zero-order valence-corrected chi connectivity index (χ0v) is 16.7. The predicted octanol–water partition coefficient (Wildman–Crippen LogP) is 3.46. The summed E-state index contributed by atoms with van der Waals surface area (Å²) in [7, 11) is 0. The van der Waals surface area contributed by atoms with Gasteiger partial charge in [0.1, 0.15) is 11.6 Å². The van der Waals surface area contributed by atoms with E-state index in [4.69, 9.17) is 5.73 Å². The van der Waals surface area contributed by atoms with Crippen LogP contribution in [0.5, 0.6) is 0 Å². The lowest BCUT2D eigenvalue weighted by Gasteiger charge is -2.28. The third-order valence-corrected chi connectivity index (χ3v) is 5.23. The van der Waals surface area contributed by atoms with Gasteiger partial charge in [-0.05, 0) is 50.9 Å². The SMILES string of the molecule is Cc1nsc(NC(=O)N2CCC(=Cc3ccc(NCCCN)cc3F)CC2)n1. The first-order valence-electron chi connectivity index (χ1n) is 9.34. The maximum atomic E-state index is 14.4. The molecule has 28 heavy (non-hydrogen) atoms. The van der Waals surface area contributed by atoms with E-state index in [0.29, 0.717) is 36.2 Å². The summed E-state index contributed by atoms with van der Waals surface area (Å²) < 4.78 is 18.4. The fraction of sp³-hybridized carbons (Fsp3) is 0.421. The number of likely N-dealkylation sites (tertiary alicyclic amines) is 1. The van der Waals surface area contributed by atoms with E-state index in [1.807, 2.05) is 12.1 Å². The number of rotatable bonds is 6. The van der Waals surface area contributed by atoms with E-state index in [0.717, 1.165) is 37.1 Å². The fourth-order valence-electron chi connectivity index (χ4n) is 2.97. The second-order valence-electron chi connectivity index (χ2n) is 6.67. The van der Waals surface area contributed by atoms with Gasteiger partial charge >= 0.3 is 6.03 Å². The number of nitrogens with zero attached hydrogens (tertiary/aromatic N) is 3. The Kier molecular flexibility index (Phi) is 6.94. The summed E-state index contributed by atoms with van der Waals surface area (Å²) in [6, 6.07) is 4.99. The number of anilines is 2. The van der Waals surface area contributed by atoms with Crippen molar-refractivity contribution in [1.29, 1.82) is 0 Å². The summed E-state index contributed by atoms with van der Waals surface area (Å²) in [5.74, 6) is 0.392. The van der Waals surface area contributed by atoms with Crippen molar-refractivity contribution in [2.75, 3.05) is 36.8 Å². The van der Waals surface area contributed by atoms with E-state index >= 15 is 0 Å². The number of hydrogen-bond donors (Lipinski definition) is 3. The quantitative estimate of drug-likeness (QED) is 0.641. The Bertz CT molecular complexity index is 843. The Morgan fingerprint density at radius 2 is 2.18 bits per heavy atom. The Morgan fingerprint density at radius 1 is 1.39 bits per heavy atom. The number of amides is 2. The second-order valence-corrected chi connectivity index (χ2v) is 7.42. The minimum absolute atomic E-state index is 0.172. The van der Waals surface area contributed by atoms with Crippen molar-refractivity contribution in [3.8, 4) is 0 Å². The average Bonchev–Trinajstić information content (AvgIpc) is 3.09. The molecule has 1 aromatic heterocycles. The van der Waals surface area contributed by atoms with Crippen LogP contribution in [0.15, 0.2) is 23.8 Å². The number of hydrogen-bond acceptors (Lipinski definition) is 6. The van der Waals surface area contributed by atoms with Crippen molar-refractivity contribution in [2.24, 2.45) is 5.73 Å². The maximum absolute atomic E-state index is 14.4. The highest BCUT2D eigenvalue weighted by Crippen LogP contribution is 2.23. The number of piperidine rings is 1. The highest BCUT2D eigenvalue weighted by Gasteiger charge is 2.20. The van der Waals surface area contributed by atoms with Gasteiger partial charge < -0.3 is 16.0 Å². The highest BCUT2D eigenvalue weighted by molar-refractivity contribution is 7.09. The predicted molar refractivity (Wildman–Crippen MR) is 111 cm³/mol. The first-order valence-corrected chi connectivity index (χ1v) is 10.1. The molecule has 1 saturated heterocycles. The molecule has 0 radical (unpaired) electrons. The Morgan fingerprint density at radius 3 is 2.82 bits per heavy atom. The smallest absolute Gasteiger partial charge is 0.323 e. The van der Waals surface area contributed by atoms with Crippen molar-refractivity contribution in [2.45, 2.75) is 26.2 Å². The van der Waals surface area contributed by atoms with Gasteiger partial charge in [-0.3, -0.25) is 5.32 Å². The Labute approximate surface area is 168 Å². The molecule has 1 aliphatic heterocycles. The van der Waals surface area contributed by atoms with Crippen LogP contribution in [0.2, 0.25) is 0 Å². The maximum Gasteiger partial charge on any atom is 0.323 e. The molecule has 2 heterocycles. The first kappa shape index (κ1) is 20.2. The number of nitrogens with two attached hydrogens (primary N) is 1. The van der Waals surface area contributed by atoms with Crippen LogP contribution in [0.25, 0.3) is 6.08 Å². The van der Waals surface area contributed by atoms with Gasteiger partial charge in [-0.25, -0.2) is 14.2 Å². The molecule has 0 saturated carbocycles. The fourth-order valence-corrected chi connectivity index (χ4v) is 3.53. The molecule has 150 valence electrons. The van der Waals surface area contributed by atoms with Crippen molar-refractivity contribution in [3.05, 3.63) is 41.0 Å². The summed E-state index contributed by atoms with van der Waals surface area (Å²) >= 11 is 1.17. The third-order valence-electron chi connectivity index (χ3n) is 4.50. The number of nitrogens with one attached hydrogen (secondary N) is 2. The lowest BCUT2D eigenvalue weighted by Crippen LogP contribution is -2.39. The molecule has 0 unspecified atom stereocenters. The number of carbonyl (C=O) groups excluding carboxylic acids is 1. The van der Waals surface area contributed by atoms with E-state index in [-0.39, 0.29) is 11.8 Å². The molecule has 7 nitrogen and oxygen atoms in total. The monoisotopic (exact) mass is 404 g/mol. The van der Waals surface area contributed by atoms with Gasteiger partial charge in [0.2, 0.25) is 5.13 Å². The molecule has 1 fully saturated rings. The molecular formula is C19H25FN6OS. The molecule has 2 aromatic rings. The average molecular weight is 405 g/mol. The summed E-state index contributed by atoms with van der Waals surface area (Å²) in [5.41, 5.74) is 7.93. The van der Waals surface area contributed by atoms with Crippen molar-refractivity contribution in [1.82, 2.24) is 14.3 Å². The lowest BCUT2D eigenvalue weighted by atomic mass is 10.0. The van der Waals surface area contributed by atoms with E-state index in [1.165, 1.54) is 17.6 Å². The van der Waals surface area contributed by atoms with Crippen LogP contribution in [0.3, 0.4) is 0 Å².